The second kappa shape index (κ2) is 8.44. The van der Waals surface area contributed by atoms with Crippen LogP contribution in [0.25, 0.3) is 0 Å². The highest BCUT2D eigenvalue weighted by Gasteiger charge is 2.39. The minimum absolute atomic E-state index is 0.0454. The fourth-order valence-corrected chi connectivity index (χ4v) is 7.58. The van der Waals surface area contributed by atoms with E-state index in [9.17, 15) is 16.8 Å². The van der Waals surface area contributed by atoms with Crippen molar-refractivity contribution >= 4 is 42.3 Å². The predicted octanol–water partition coefficient (Wildman–Crippen LogP) is 3.87. The Hall–Kier alpha value is -0.930. The summed E-state index contributed by atoms with van der Waals surface area (Å²) in [7, 11) is -7.96. The first kappa shape index (κ1) is 19.4. The molecule has 0 aromatic heterocycles. The Labute approximate surface area is 157 Å². The molecule has 0 bridgehead atoms. The Balaban J connectivity index is 2.49. The third-order valence-electron chi connectivity index (χ3n) is 3.66. The molecule has 0 fully saturated rings. The maximum Gasteiger partial charge on any atom is 0.195 e. The van der Waals surface area contributed by atoms with Crippen molar-refractivity contribution < 1.29 is 16.8 Å². The van der Waals surface area contributed by atoms with Crippen molar-refractivity contribution in [2.45, 2.75) is 33.6 Å². The smallest absolute Gasteiger partial charge is 0.195 e. The van der Waals surface area contributed by atoms with Gasteiger partial charge in [-0.05, 0) is 41.5 Å². The minimum Gasteiger partial charge on any atom is -0.222 e. The van der Waals surface area contributed by atoms with E-state index in [1.807, 2.05) is 0 Å². The summed E-state index contributed by atoms with van der Waals surface area (Å²) in [6.07, 6.45) is 1.43. The molecule has 4 nitrogen and oxygen atoms in total. The van der Waals surface area contributed by atoms with Crippen molar-refractivity contribution in [3.8, 4) is 0 Å². The van der Waals surface area contributed by atoms with Crippen LogP contribution in [0.4, 0.5) is 0 Å². The Morgan fingerprint density at radius 1 is 0.708 bits per heavy atom. The van der Waals surface area contributed by atoms with Gasteiger partial charge in [0.2, 0.25) is 0 Å². The monoisotopic (exact) mass is 478 g/mol. The molecule has 2 rings (SSSR count). The van der Waals surface area contributed by atoms with Gasteiger partial charge in [0.05, 0.1) is 9.79 Å². The van der Waals surface area contributed by atoms with E-state index < -0.39 is 24.3 Å². The lowest BCUT2D eigenvalue weighted by molar-refractivity contribution is 0.564. The second-order valence-electron chi connectivity index (χ2n) is 5.33. The van der Waals surface area contributed by atoms with Crippen LogP contribution in [-0.2, 0) is 19.7 Å². The molecular weight excluding hydrogens is 459 g/mol. The molecule has 0 aliphatic heterocycles. The highest BCUT2D eigenvalue weighted by atomic mass is 127. The number of hydrogen-bond donors (Lipinski definition) is 0. The van der Waals surface area contributed by atoms with E-state index >= 15 is 0 Å². The highest BCUT2D eigenvalue weighted by Crippen LogP contribution is 2.29. The summed E-state index contributed by atoms with van der Waals surface area (Å²) in [6.45, 7) is 0. The van der Waals surface area contributed by atoms with Gasteiger partial charge in [-0.15, -0.1) is 0 Å². The van der Waals surface area contributed by atoms with Gasteiger partial charge in [0.25, 0.3) is 0 Å². The first-order chi connectivity index (χ1) is 11.4. The average Bonchev–Trinajstić information content (AvgIpc) is 2.60. The molecule has 0 N–H and O–H groups in total. The first-order valence-corrected chi connectivity index (χ1v) is 12.2. The Morgan fingerprint density at radius 3 is 1.50 bits per heavy atom. The van der Waals surface area contributed by atoms with E-state index in [1.54, 1.807) is 36.4 Å². The van der Waals surface area contributed by atoms with Crippen molar-refractivity contribution in [3.63, 3.8) is 0 Å². The van der Waals surface area contributed by atoms with Crippen molar-refractivity contribution in [3.05, 3.63) is 60.7 Å². The molecule has 0 saturated heterocycles. The summed E-state index contributed by atoms with van der Waals surface area (Å²) in [5.74, 6) is 0. The molecule has 0 aliphatic carbocycles. The van der Waals surface area contributed by atoms with E-state index in [-0.39, 0.29) is 16.2 Å². The quantitative estimate of drug-likeness (QED) is 0.328. The number of hydrogen-bond acceptors (Lipinski definition) is 4. The second-order valence-corrected chi connectivity index (χ2v) is 11.0. The zero-order valence-corrected chi connectivity index (χ0v) is 16.8. The van der Waals surface area contributed by atoms with Gasteiger partial charge in [-0.1, -0.05) is 65.4 Å². The number of sulfone groups is 2. The van der Waals surface area contributed by atoms with E-state index in [0.717, 1.165) is 10.8 Å². The number of benzene rings is 2. The van der Waals surface area contributed by atoms with Crippen LogP contribution in [0.15, 0.2) is 70.5 Å². The minimum atomic E-state index is -3.98. The van der Waals surface area contributed by atoms with Gasteiger partial charge < -0.3 is 0 Å². The molecular formula is C17H19IO4S2. The predicted molar refractivity (Wildman–Crippen MR) is 104 cm³/mol. The van der Waals surface area contributed by atoms with E-state index in [0.29, 0.717) is 6.42 Å². The fraction of sp³-hybridized carbons (Fsp3) is 0.294. The van der Waals surface area contributed by atoms with Crippen LogP contribution >= 0.6 is 22.6 Å². The number of halogens is 1. The zero-order chi connectivity index (χ0) is 17.6. The number of unbranched alkanes of at least 4 members (excludes halogenated alkanes) is 1. The van der Waals surface area contributed by atoms with Crippen molar-refractivity contribution in [1.82, 2.24) is 0 Å². The molecule has 2 aromatic rings. The Bertz CT molecular complexity index is 778. The van der Waals surface area contributed by atoms with Gasteiger partial charge in [0.15, 0.2) is 24.3 Å². The summed E-state index contributed by atoms with van der Waals surface area (Å²) >= 11 is 2.20. The van der Waals surface area contributed by atoms with Crippen LogP contribution in [0.1, 0.15) is 19.3 Å². The van der Waals surface area contributed by atoms with Crippen LogP contribution in [0.2, 0.25) is 0 Å². The topological polar surface area (TPSA) is 68.3 Å². The largest absolute Gasteiger partial charge is 0.222 e. The van der Waals surface area contributed by atoms with Crippen LogP contribution in [0.5, 0.6) is 0 Å². The van der Waals surface area contributed by atoms with E-state index in [4.69, 9.17) is 0 Å². The summed E-state index contributed by atoms with van der Waals surface area (Å²) in [6, 6.07) is 15.6. The molecule has 0 amide bonds. The summed E-state index contributed by atoms with van der Waals surface area (Å²) in [5.41, 5.74) is 0. The lowest BCUT2D eigenvalue weighted by Gasteiger charge is -2.18. The molecule has 0 aliphatic rings. The van der Waals surface area contributed by atoms with Gasteiger partial charge in [-0.25, -0.2) is 16.8 Å². The SMILES string of the molecule is O=S(=O)(c1ccccc1)C(CCCCI)S(=O)(=O)c1ccccc1. The molecule has 7 heteroatoms. The molecule has 0 saturated carbocycles. The molecule has 0 radical (unpaired) electrons. The van der Waals surface area contributed by atoms with Gasteiger partial charge >= 0.3 is 0 Å². The lowest BCUT2D eigenvalue weighted by Crippen LogP contribution is -2.31. The summed E-state index contributed by atoms with van der Waals surface area (Å²) < 4.78 is 51.3. The maximum atomic E-state index is 13.0. The zero-order valence-electron chi connectivity index (χ0n) is 13.0. The fourth-order valence-electron chi connectivity index (χ4n) is 2.41. The lowest BCUT2D eigenvalue weighted by atomic mass is 10.3. The number of rotatable bonds is 8. The van der Waals surface area contributed by atoms with E-state index in [1.165, 1.54) is 24.3 Å². The van der Waals surface area contributed by atoms with Gasteiger partial charge in [0.1, 0.15) is 0 Å². The molecule has 24 heavy (non-hydrogen) atoms. The molecule has 0 spiro atoms. The normalized spacial score (nSPS) is 12.4. The summed E-state index contributed by atoms with van der Waals surface area (Å²) in [4.78, 5) is 0.0907. The molecule has 0 heterocycles. The molecule has 130 valence electrons. The number of alkyl halides is 1. The Morgan fingerprint density at radius 2 is 1.12 bits per heavy atom. The molecule has 0 unspecified atom stereocenters. The van der Waals surface area contributed by atoms with Crippen LogP contribution in [-0.4, -0.2) is 25.8 Å². The van der Waals surface area contributed by atoms with Crippen molar-refractivity contribution in [2.24, 2.45) is 0 Å². The maximum absolute atomic E-state index is 13.0. The third-order valence-corrected chi connectivity index (χ3v) is 9.66. The van der Waals surface area contributed by atoms with Gasteiger partial charge in [-0.3, -0.25) is 0 Å². The van der Waals surface area contributed by atoms with Gasteiger partial charge in [0, 0.05) is 0 Å². The highest BCUT2D eigenvalue weighted by molar-refractivity contribution is 14.1. The van der Waals surface area contributed by atoms with Crippen molar-refractivity contribution in [1.29, 1.82) is 0 Å². The standard InChI is InChI=1S/C17H19IO4S2/c18-14-8-7-13-17(23(19,20)15-9-3-1-4-10-15)24(21,22)16-11-5-2-6-12-16/h1-6,9-12,17H,7-8,13-14H2. The summed E-state index contributed by atoms with van der Waals surface area (Å²) in [5, 5.41) is 0. The van der Waals surface area contributed by atoms with Crippen LogP contribution < -0.4 is 0 Å². The molecule has 2 aromatic carbocycles. The molecule has 0 atom stereocenters. The van der Waals surface area contributed by atoms with E-state index in [2.05, 4.69) is 22.6 Å². The first-order valence-electron chi connectivity index (χ1n) is 7.54. The van der Waals surface area contributed by atoms with Gasteiger partial charge in [-0.2, -0.15) is 0 Å². The third kappa shape index (κ3) is 4.37. The average molecular weight is 478 g/mol. The van der Waals surface area contributed by atoms with Crippen LogP contribution in [0.3, 0.4) is 0 Å². The van der Waals surface area contributed by atoms with Crippen molar-refractivity contribution in [2.75, 3.05) is 4.43 Å². The van der Waals surface area contributed by atoms with Crippen LogP contribution in [0, 0.1) is 0 Å². The Kier molecular flexibility index (Phi) is 6.82.